The predicted molar refractivity (Wildman–Crippen MR) is 207 cm³/mol. The molecule has 5 nitrogen and oxygen atoms in total. The predicted octanol–water partition coefficient (Wildman–Crippen LogP) is 10.5. The summed E-state index contributed by atoms with van der Waals surface area (Å²) in [5.41, 5.74) is 9.18. The molecular formula is C44H34GeIrN4O-2. The molecule has 251 valence electrons. The maximum absolute atomic E-state index is 6.58. The average molecular weight is 900 g/mol. The molecule has 0 saturated carbocycles. The fourth-order valence-electron chi connectivity index (χ4n) is 6.19. The molecule has 0 unspecified atom stereocenters. The largest absolute Gasteiger partial charge is 0.305 e. The molecule has 9 aromatic rings. The molecule has 0 aliphatic rings. The maximum atomic E-state index is 6.58. The molecule has 0 amide bonds. The summed E-state index contributed by atoms with van der Waals surface area (Å²) in [4.78, 5) is 14.3. The molecule has 0 spiro atoms. The number of hydrogen-bond donors (Lipinski definition) is 0. The molecular weight excluding hydrogens is 865 g/mol. The van der Waals surface area contributed by atoms with Crippen molar-refractivity contribution >= 4 is 50.8 Å². The summed E-state index contributed by atoms with van der Waals surface area (Å²) in [7, 11) is 0. The van der Waals surface area contributed by atoms with E-state index >= 15 is 0 Å². The first kappa shape index (κ1) is 34.3. The van der Waals surface area contributed by atoms with Crippen LogP contribution in [-0.2, 0) is 20.1 Å². The Morgan fingerprint density at radius 3 is 2.14 bits per heavy atom. The zero-order valence-electron chi connectivity index (χ0n) is 28.5. The van der Waals surface area contributed by atoms with Crippen LogP contribution in [0.15, 0.2) is 156 Å². The number of para-hydroxylation sites is 1. The Bertz CT molecular complexity index is 2530. The van der Waals surface area contributed by atoms with E-state index in [1.807, 2.05) is 84.9 Å². The van der Waals surface area contributed by atoms with Crippen molar-refractivity contribution in [3.8, 4) is 39.6 Å². The van der Waals surface area contributed by atoms with E-state index in [0.717, 1.165) is 67.0 Å². The Kier molecular flexibility index (Phi) is 9.83. The van der Waals surface area contributed by atoms with Crippen LogP contribution in [0, 0.1) is 12.1 Å². The van der Waals surface area contributed by atoms with Crippen LogP contribution >= 0.6 is 0 Å². The van der Waals surface area contributed by atoms with E-state index in [4.69, 9.17) is 14.4 Å². The third-order valence-electron chi connectivity index (χ3n) is 8.78. The van der Waals surface area contributed by atoms with Crippen molar-refractivity contribution in [1.29, 1.82) is 0 Å². The second kappa shape index (κ2) is 14.6. The zero-order chi connectivity index (χ0) is 34.1. The van der Waals surface area contributed by atoms with Gasteiger partial charge in [0.25, 0.3) is 0 Å². The topological polar surface area (TPSA) is 56.7 Å². The van der Waals surface area contributed by atoms with Gasteiger partial charge in [0.2, 0.25) is 0 Å². The number of hydrogen-bond acceptors (Lipinski definition) is 4. The van der Waals surface area contributed by atoms with Crippen LogP contribution < -0.4 is 4.40 Å². The van der Waals surface area contributed by atoms with E-state index in [2.05, 4.69) is 99.6 Å². The van der Waals surface area contributed by atoms with Gasteiger partial charge in [-0.15, -0.1) is 35.9 Å². The van der Waals surface area contributed by atoms with E-state index in [1.54, 1.807) is 6.20 Å². The van der Waals surface area contributed by atoms with Gasteiger partial charge < -0.3 is 4.98 Å². The van der Waals surface area contributed by atoms with Crippen molar-refractivity contribution in [2.75, 3.05) is 0 Å². The van der Waals surface area contributed by atoms with Gasteiger partial charge in [-0.3, -0.25) is 0 Å². The summed E-state index contributed by atoms with van der Waals surface area (Å²) in [6.45, 7) is 0. The van der Waals surface area contributed by atoms with Gasteiger partial charge in [-0.2, -0.15) is 0 Å². The fraction of sp³-hybridized carbons (Fsp3) is 0.0682. The molecule has 0 bridgehead atoms. The Balaban J connectivity index is 0.000000265. The van der Waals surface area contributed by atoms with Gasteiger partial charge in [-0.1, -0.05) is 42.5 Å². The van der Waals surface area contributed by atoms with Crippen LogP contribution in [0.2, 0.25) is 17.3 Å². The molecule has 0 aliphatic carbocycles. The summed E-state index contributed by atoms with van der Waals surface area (Å²) < 4.78 is 10.2. The number of imidazole rings is 1. The van der Waals surface area contributed by atoms with Crippen LogP contribution in [0.3, 0.4) is 0 Å². The third-order valence-corrected chi connectivity index (χ3v) is 13.1. The van der Waals surface area contributed by atoms with Crippen LogP contribution in [0.5, 0.6) is 0 Å². The van der Waals surface area contributed by atoms with Gasteiger partial charge in [-0.25, -0.2) is 0 Å². The van der Waals surface area contributed by atoms with Gasteiger partial charge in [0.05, 0.1) is 0 Å². The first-order valence-corrected chi connectivity index (χ1v) is 24.0. The minimum Gasteiger partial charge on any atom is -0.305 e. The Labute approximate surface area is 313 Å². The van der Waals surface area contributed by atoms with Gasteiger partial charge >= 0.3 is 194 Å². The summed E-state index contributed by atoms with van der Waals surface area (Å²) >= 11 is -2.01. The quantitative estimate of drug-likeness (QED) is 0.128. The first-order valence-electron chi connectivity index (χ1n) is 16.7. The number of rotatable bonds is 5. The number of benzene rings is 5. The summed E-state index contributed by atoms with van der Waals surface area (Å²) in [6.07, 6.45) is 1.79. The molecule has 51 heavy (non-hydrogen) atoms. The molecule has 0 atom stereocenters. The van der Waals surface area contributed by atoms with Crippen LogP contribution in [-0.4, -0.2) is 32.8 Å². The van der Waals surface area contributed by atoms with E-state index in [1.165, 1.54) is 4.40 Å². The van der Waals surface area contributed by atoms with Crippen molar-refractivity contribution in [2.45, 2.75) is 17.3 Å². The van der Waals surface area contributed by atoms with Crippen LogP contribution in [0.25, 0.3) is 72.7 Å². The number of aromatic nitrogens is 4. The third kappa shape index (κ3) is 6.95. The van der Waals surface area contributed by atoms with Crippen molar-refractivity contribution in [2.24, 2.45) is 0 Å². The van der Waals surface area contributed by atoms with Gasteiger partial charge in [0, 0.05) is 26.3 Å². The molecule has 0 aliphatic heterocycles. The van der Waals surface area contributed by atoms with Crippen molar-refractivity contribution < 1.29 is 24.5 Å². The Morgan fingerprint density at radius 1 is 0.647 bits per heavy atom. The SMILES string of the molecule is [CH3][Ge]([CH3])([CH3])[c]1ccc2c(c1)oc1c(-c3nc4nc(-c5ccccc5)ccc4n3-c3ccccc3)[c-]ccc12.[Ir].[c-]1ccccc1-c1ccccn1. The minimum atomic E-state index is -2.01. The van der Waals surface area contributed by atoms with Crippen LogP contribution in [0.4, 0.5) is 0 Å². The summed E-state index contributed by atoms with van der Waals surface area (Å²) in [6, 6.07) is 55.8. The second-order valence-electron chi connectivity index (χ2n) is 13.2. The molecule has 0 N–H and O–H groups in total. The van der Waals surface area contributed by atoms with Crippen molar-refractivity contribution in [1.82, 2.24) is 19.5 Å². The van der Waals surface area contributed by atoms with E-state index in [9.17, 15) is 0 Å². The maximum Gasteiger partial charge on any atom is 0.0160 e. The Morgan fingerprint density at radius 2 is 1.41 bits per heavy atom. The second-order valence-corrected chi connectivity index (χ2v) is 23.8. The van der Waals surface area contributed by atoms with Gasteiger partial charge in [0.1, 0.15) is 0 Å². The Hall–Kier alpha value is -5.14. The summed E-state index contributed by atoms with van der Waals surface area (Å²) in [5, 5.41) is 2.20. The van der Waals surface area contributed by atoms with E-state index < -0.39 is 13.3 Å². The summed E-state index contributed by atoms with van der Waals surface area (Å²) in [5.74, 6) is 7.98. The number of pyridine rings is 2. The molecule has 0 saturated heterocycles. The van der Waals surface area contributed by atoms with Crippen molar-refractivity contribution in [3.63, 3.8) is 0 Å². The molecule has 0 fully saturated rings. The van der Waals surface area contributed by atoms with Crippen LogP contribution in [0.1, 0.15) is 0 Å². The van der Waals surface area contributed by atoms with Gasteiger partial charge in [-0.05, 0) is 11.8 Å². The number of nitrogens with zero attached hydrogens (tertiary/aromatic N) is 4. The standard InChI is InChI=1S/C33H26GeN3O.C11H8N.Ir/c1-34(2,3)23-17-18-25-26-15-10-16-27(31(26)38-30(25)21-23)33-36-32-29(37(33)24-13-8-5-9-14-24)20-19-28(35-32)22-11-6-4-7-12-22;1-2-6-10(7-3-1)11-8-4-5-9-12-11;/h4-15,17-21H,1-3H3;1-6,8-9H;/q2*-1;. The van der Waals surface area contributed by atoms with Crippen molar-refractivity contribution in [3.05, 3.63) is 164 Å². The van der Waals surface area contributed by atoms with E-state index in [0.29, 0.717) is 5.65 Å². The number of furan rings is 1. The zero-order valence-corrected chi connectivity index (χ0v) is 33.0. The number of fused-ring (bicyclic) bond motifs is 4. The minimum absolute atomic E-state index is 0. The fourth-order valence-corrected chi connectivity index (χ4v) is 8.59. The monoisotopic (exact) mass is 901 g/mol. The average Bonchev–Trinajstić information content (AvgIpc) is 3.74. The molecule has 5 aromatic carbocycles. The molecule has 9 rings (SSSR count). The molecule has 7 heteroatoms. The smallest absolute Gasteiger partial charge is 0.0160 e. The first-order chi connectivity index (χ1) is 24.4. The van der Waals surface area contributed by atoms with E-state index in [-0.39, 0.29) is 20.1 Å². The molecule has 4 heterocycles. The molecule has 4 aromatic heterocycles. The normalized spacial score (nSPS) is 11.3. The molecule has 1 radical (unpaired) electrons. The van der Waals surface area contributed by atoms with Gasteiger partial charge in [0.15, 0.2) is 0 Å².